The summed E-state index contributed by atoms with van der Waals surface area (Å²) in [6.45, 7) is 4.14. The first kappa shape index (κ1) is 17.5. The van der Waals surface area contributed by atoms with E-state index in [0.29, 0.717) is 0 Å². The molecule has 0 saturated heterocycles. The molecule has 0 bridgehead atoms. The van der Waals surface area contributed by atoms with Crippen molar-refractivity contribution in [2.45, 2.75) is 36.1 Å². The number of hydrogen-bond donors (Lipinski definition) is 3. The molecule has 5 nitrogen and oxygen atoms in total. The topological polar surface area (TPSA) is 92.4 Å². The number of nitrogens with one attached hydrogen (secondary N) is 1. The molecule has 7 heteroatoms. The Balaban J connectivity index is 2.75. The molecule has 0 heterocycles. The maximum absolute atomic E-state index is 11.2. The predicted molar refractivity (Wildman–Crippen MR) is 83.2 cm³/mol. The molecule has 3 unspecified atom stereocenters. The van der Waals surface area contributed by atoms with Crippen molar-refractivity contribution in [1.29, 1.82) is 0 Å². The van der Waals surface area contributed by atoms with Crippen molar-refractivity contribution in [3.8, 4) is 0 Å². The molecule has 4 N–H and O–H groups in total. The van der Waals surface area contributed by atoms with Gasteiger partial charge in [-0.05, 0) is 37.8 Å². The highest BCUT2D eigenvalue weighted by atomic mass is 32.2. The number of rotatable bonds is 7. The lowest BCUT2D eigenvalue weighted by Crippen LogP contribution is -2.38. The number of primary sulfonamides is 1. The van der Waals surface area contributed by atoms with Gasteiger partial charge in [-0.1, -0.05) is 12.1 Å². The Morgan fingerprint density at radius 1 is 1.30 bits per heavy atom. The maximum atomic E-state index is 11.2. The van der Waals surface area contributed by atoms with E-state index < -0.39 is 10.0 Å². The van der Waals surface area contributed by atoms with E-state index in [1.54, 1.807) is 23.9 Å². The quantitative estimate of drug-likeness (QED) is 0.700. The minimum atomic E-state index is -3.65. The van der Waals surface area contributed by atoms with Crippen LogP contribution in [-0.4, -0.2) is 37.7 Å². The molecular formula is C13H22N2O3S2. The van der Waals surface area contributed by atoms with E-state index in [9.17, 15) is 13.5 Å². The van der Waals surface area contributed by atoms with Crippen LogP contribution in [0.15, 0.2) is 29.2 Å². The Hall–Kier alpha value is -0.600. The minimum Gasteiger partial charge on any atom is -0.395 e. The van der Waals surface area contributed by atoms with Gasteiger partial charge in [-0.2, -0.15) is 11.8 Å². The molecule has 1 rings (SSSR count). The van der Waals surface area contributed by atoms with Gasteiger partial charge >= 0.3 is 0 Å². The van der Waals surface area contributed by atoms with Crippen LogP contribution in [0, 0.1) is 0 Å². The highest BCUT2D eigenvalue weighted by Crippen LogP contribution is 2.18. The zero-order chi connectivity index (χ0) is 15.3. The lowest BCUT2D eigenvalue weighted by Gasteiger charge is -2.25. The largest absolute Gasteiger partial charge is 0.395 e. The summed E-state index contributed by atoms with van der Waals surface area (Å²) < 4.78 is 22.4. The summed E-state index contributed by atoms with van der Waals surface area (Å²) in [5.74, 6) is 0. The highest BCUT2D eigenvalue weighted by molar-refractivity contribution is 7.99. The van der Waals surface area contributed by atoms with Gasteiger partial charge in [0.25, 0.3) is 0 Å². The van der Waals surface area contributed by atoms with Crippen LogP contribution in [-0.2, 0) is 10.0 Å². The van der Waals surface area contributed by atoms with Crippen molar-refractivity contribution in [3.63, 3.8) is 0 Å². The van der Waals surface area contributed by atoms with Crippen molar-refractivity contribution in [2.24, 2.45) is 5.14 Å². The molecule has 0 aromatic heterocycles. The minimum absolute atomic E-state index is 0.0562. The molecule has 0 spiro atoms. The summed E-state index contributed by atoms with van der Waals surface area (Å²) in [7, 11) is -3.65. The Morgan fingerprint density at radius 3 is 2.25 bits per heavy atom. The SMILES string of the molecule is CSC(CO)C(C)NC(C)c1ccc(S(N)(=O)=O)cc1. The number of aliphatic hydroxyl groups excluding tert-OH is 1. The Labute approximate surface area is 125 Å². The number of hydrogen-bond acceptors (Lipinski definition) is 5. The second-order valence-electron chi connectivity index (χ2n) is 4.75. The summed E-state index contributed by atoms with van der Waals surface area (Å²) in [5, 5.41) is 17.9. The van der Waals surface area contributed by atoms with Crippen LogP contribution in [0.3, 0.4) is 0 Å². The van der Waals surface area contributed by atoms with Gasteiger partial charge in [0.05, 0.1) is 11.5 Å². The maximum Gasteiger partial charge on any atom is 0.238 e. The van der Waals surface area contributed by atoms with E-state index in [0.717, 1.165) is 5.56 Å². The predicted octanol–water partition coefficient (Wildman–Crippen LogP) is 1.10. The van der Waals surface area contributed by atoms with Crippen LogP contribution in [0.1, 0.15) is 25.5 Å². The number of thioether (sulfide) groups is 1. The van der Waals surface area contributed by atoms with E-state index in [2.05, 4.69) is 5.32 Å². The van der Waals surface area contributed by atoms with Crippen molar-refractivity contribution in [1.82, 2.24) is 5.32 Å². The average Bonchev–Trinajstić information content (AvgIpc) is 2.39. The Bertz CT molecular complexity index is 513. The van der Waals surface area contributed by atoms with Gasteiger partial charge in [0.1, 0.15) is 0 Å². The van der Waals surface area contributed by atoms with E-state index in [1.807, 2.05) is 20.1 Å². The summed E-state index contributed by atoms with van der Waals surface area (Å²) >= 11 is 1.61. The van der Waals surface area contributed by atoms with Crippen molar-refractivity contribution in [2.75, 3.05) is 12.9 Å². The fourth-order valence-corrected chi connectivity index (χ4v) is 3.13. The van der Waals surface area contributed by atoms with Crippen molar-refractivity contribution < 1.29 is 13.5 Å². The summed E-state index contributed by atoms with van der Waals surface area (Å²) in [6, 6.07) is 6.70. The van der Waals surface area contributed by atoms with Crippen LogP contribution >= 0.6 is 11.8 Å². The molecule has 1 aromatic rings. The smallest absolute Gasteiger partial charge is 0.238 e. The standard InChI is InChI=1S/C13H22N2O3S2/c1-9(15-10(2)13(8-16)19-3)11-4-6-12(7-5-11)20(14,17)18/h4-7,9-10,13,15-16H,8H2,1-3H3,(H2,14,17,18). The average molecular weight is 318 g/mol. The van der Waals surface area contributed by atoms with Gasteiger partial charge in [-0.3, -0.25) is 0 Å². The third kappa shape index (κ3) is 4.75. The van der Waals surface area contributed by atoms with Gasteiger partial charge in [0, 0.05) is 17.3 Å². The fourth-order valence-electron chi connectivity index (χ4n) is 1.98. The van der Waals surface area contributed by atoms with Crippen LogP contribution in [0.4, 0.5) is 0 Å². The van der Waals surface area contributed by atoms with Crippen molar-refractivity contribution in [3.05, 3.63) is 29.8 Å². The zero-order valence-corrected chi connectivity index (χ0v) is 13.5. The molecular weight excluding hydrogens is 296 g/mol. The molecule has 20 heavy (non-hydrogen) atoms. The lowest BCUT2D eigenvalue weighted by atomic mass is 10.1. The third-order valence-corrected chi connectivity index (χ3v) is 5.35. The molecule has 114 valence electrons. The molecule has 0 radical (unpaired) electrons. The Kier molecular flexibility index (Phi) is 6.47. The Morgan fingerprint density at radius 2 is 1.85 bits per heavy atom. The lowest BCUT2D eigenvalue weighted by molar-refractivity contribution is 0.272. The fraction of sp³-hybridized carbons (Fsp3) is 0.538. The van der Waals surface area contributed by atoms with Gasteiger partial charge < -0.3 is 10.4 Å². The van der Waals surface area contributed by atoms with E-state index >= 15 is 0 Å². The number of sulfonamides is 1. The molecule has 0 aliphatic rings. The second kappa shape index (κ2) is 7.42. The zero-order valence-electron chi connectivity index (χ0n) is 11.9. The van der Waals surface area contributed by atoms with Crippen LogP contribution in [0.25, 0.3) is 0 Å². The van der Waals surface area contributed by atoms with E-state index in [-0.39, 0.29) is 28.8 Å². The molecule has 1 aromatic carbocycles. The third-order valence-electron chi connectivity index (χ3n) is 3.26. The summed E-state index contributed by atoms with van der Waals surface area (Å²) in [4.78, 5) is 0.110. The van der Waals surface area contributed by atoms with Crippen molar-refractivity contribution >= 4 is 21.8 Å². The highest BCUT2D eigenvalue weighted by Gasteiger charge is 2.18. The van der Waals surface area contributed by atoms with E-state index in [1.165, 1.54) is 12.1 Å². The molecule has 0 aliphatic heterocycles. The number of aliphatic hydroxyl groups is 1. The van der Waals surface area contributed by atoms with E-state index in [4.69, 9.17) is 5.14 Å². The molecule has 0 amide bonds. The summed E-state index contributed by atoms with van der Waals surface area (Å²) in [6.07, 6.45) is 1.96. The van der Waals surface area contributed by atoms with Gasteiger partial charge in [-0.15, -0.1) is 0 Å². The van der Waals surface area contributed by atoms with Crippen LogP contribution < -0.4 is 10.5 Å². The normalized spacial score (nSPS) is 16.6. The van der Waals surface area contributed by atoms with Gasteiger partial charge in [-0.25, -0.2) is 13.6 Å². The second-order valence-corrected chi connectivity index (χ2v) is 7.39. The number of benzene rings is 1. The number of nitrogens with two attached hydrogens (primary N) is 1. The first-order valence-electron chi connectivity index (χ1n) is 6.32. The van der Waals surface area contributed by atoms with Gasteiger partial charge in [0.15, 0.2) is 0 Å². The molecule has 3 atom stereocenters. The molecule has 0 fully saturated rings. The first-order valence-corrected chi connectivity index (χ1v) is 9.15. The van der Waals surface area contributed by atoms with Gasteiger partial charge in [0.2, 0.25) is 10.0 Å². The monoisotopic (exact) mass is 318 g/mol. The van der Waals surface area contributed by atoms with Crippen LogP contribution in [0.2, 0.25) is 0 Å². The molecule has 0 aliphatic carbocycles. The van der Waals surface area contributed by atoms with Crippen LogP contribution in [0.5, 0.6) is 0 Å². The summed E-state index contributed by atoms with van der Waals surface area (Å²) in [5.41, 5.74) is 0.974. The molecule has 0 saturated carbocycles. The first-order chi connectivity index (χ1) is 9.29.